The van der Waals surface area contributed by atoms with Crippen LogP contribution in [-0.2, 0) is 9.84 Å². The second-order valence-electron chi connectivity index (χ2n) is 9.79. The van der Waals surface area contributed by atoms with Gasteiger partial charge in [-0.25, -0.2) is 22.2 Å². The second-order valence-corrected chi connectivity index (χ2v) is 12.0. The smallest absolute Gasteiger partial charge is 0.229 e. The summed E-state index contributed by atoms with van der Waals surface area (Å²) < 4.78 is 60.4. The predicted molar refractivity (Wildman–Crippen MR) is 140 cm³/mol. The van der Waals surface area contributed by atoms with Crippen molar-refractivity contribution in [1.82, 2.24) is 19.6 Å². The highest BCUT2D eigenvalue weighted by Crippen LogP contribution is 2.41. The van der Waals surface area contributed by atoms with Gasteiger partial charge in [-0.2, -0.15) is 9.61 Å². The van der Waals surface area contributed by atoms with Crippen LogP contribution in [0.4, 0.5) is 20.4 Å². The number of sulfone groups is 1. The molecule has 4 atom stereocenters. The van der Waals surface area contributed by atoms with Crippen molar-refractivity contribution in [3.63, 3.8) is 0 Å². The minimum absolute atomic E-state index is 0.000683. The van der Waals surface area contributed by atoms with Gasteiger partial charge in [0.05, 0.1) is 47.2 Å². The van der Waals surface area contributed by atoms with Crippen LogP contribution in [0.3, 0.4) is 0 Å². The van der Waals surface area contributed by atoms with Crippen molar-refractivity contribution in [1.29, 1.82) is 0 Å². The highest BCUT2D eigenvalue weighted by molar-refractivity contribution is 7.91. The highest BCUT2D eigenvalue weighted by atomic mass is 32.2. The van der Waals surface area contributed by atoms with Crippen molar-refractivity contribution in [2.75, 3.05) is 18.7 Å². The van der Waals surface area contributed by atoms with Crippen LogP contribution in [0.2, 0.25) is 0 Å². The average Bonchev–Trinajstić information content (AvgIpc) is 3.24. The topological polar surface area (TPSA) is 124 Å². The number of fused-ring (bicyclic) bond motifs is 1. The SMILES string of the molecule is COc1cc(F)c(-c2ccc3cnc(Nc4cnccc4[C@H]4C[C@@H](N)[C@@H](S(C)(=O)=O)[C@@H](C)C4)n3n2)c(F)c1. The Kier molecular flexibility index (Phi) is 6.78. The van der Waals surface area contributed by atoms with E-state index in [1.165, 1.54) is 23.9 Å². The lowest BCUT2D eigenvalue weighted by atomic mass is 9.76. The first-order valence-electron chi connectivity index (χ1n) is 12.1. The lowest BCUT2D eigenvalue weighted by Gasteiger charge is -2.38. The molecule has 3 N–H and O–H groups in total. The van der Waals surface area contributed by atoms with Crippen molar-refractivity contribution in [3.8, 4) is 17.0 Å². The summed E-state index contributed by atoms with van der Waals surface area (Å²) in [6, 6.07) is 6.77. The van der Waals surface area contributed by atoms with Gasteiger partial charge in [-0.3, -0.25) is 4.98 Å². The highest BCUT2D eigenvalue weighted by Gasteiger charge is 2.40. The van der Waals surface area contributed by atoms with Crippen molar-refractivity contribution < 1.29 is 21.9 Å². The van der Waals surface area contributed by atoms with Crippen LogP contribution in [-0.4, -0.2) is 52.7 Å². The van der Waals surface area contributed by atoms with Gasteiger partial charge in [0.25, 0.3) is 0 Å². The number of rotatable bonds is 6. The number of hydrogen-bond acceptors (Lipinski definition) is 8. The van der Waals surface area contributed by atoms with Gasteiger partial charge in [-0.1, -0.05) is 6.92 Å². The number of anilines is 2. The minimum atomic E-state index is -3.28. The van der Waals surface area contributed by atoms with E-state index in [4.69, 9.17) is 10.5 Å². The van der Waals surface area contributed by atoms with E-state index in [2.05, 4.69) is 20.4 Å². The van der Waals surface area contributed by atoms with Crippen LogP contribution in [0.15, 0.2) is 48.9 Å². The summed E-state index contributed by atoms with van der Waals surface area (Å²) in [7, 11) is -1.94. The normalized spacial score (nSPS) is 21.9. The zero-order valence-corrected chi connectivity index (χ0v) is 21.9. The predicted octanol–water partition coefficient (Wildman–Crippen LogP) is 4.08. The molecule has 0 spiro atoms. The molecule has 1 aliphatic carbocycles. The molecule has 0 saturated heterocycles. The molecule has 1 aromatic carbocycles. The number of ether oxygens (including phenoxy) is 1. The third-order valence-electron chi connectivity index (χ3n) is 7.12. The average molecular weight is 543 g/mol. The zero-order chi connectivity index (χ0) is 27.2. The molecule has 0 unspecified atom stereocenters. The Hall–Kier alpha value is -3.64. The first-order valence-corrected chi connectivity index (χ1v) is 14.1. The maximum absolute atomic E-state index is 14.7. The molecule has 38 heavy (non-hydrogen) atoms. The summed E-state index contributed by atoms with van der Waals surface area (Å²) in [4.78, 5) is 8.65. The van der Waals surface area contributed by atoms with Crippen molar-refractivity contribution in [3.05, 3.63) is 66.1 Å². The summed E-state index contributed by atoms with van der Waals surface area (Å²) in [5.74, 6) is -1.32. The van der Waals surface area contributed by atoms with Gasteiger partial charge in [0.15, 0.2) is 9.84 Å². The molecule has 1 aliphatic rings. The number of aromatic nitrogens is 4. The number of methoxy groups -OCH3 is 1. The molecule has 1 saturated carbocycles. The second kappa shape index (κ2) is 9.91. The molecule has 0 radical (unpaired) electrons. The molecule has 3 aromatic heterocycles. The molecule has 0 aliphatic heterocycles. The Labute approximate surface area is 219 Å². The van der Waals surface area contributed by atoms with E-state index in [1.54, 1.807) is 24.7 Å². The van der Waals surface area contributed by atoms with Crippen LogP contribution < -0.4 is 15.8 Å². The largest absolute Gasteiger partial charge is 0.497 e. The van der Waals surface area contributed by atoms with Crippen molar-refractivity contribution >= 4 is 27.0 Å². The number of nitrogens with two attached hydrogens (primary N) is 1. The summed E-state index contributed by atoms with van der Waals surface area (Å²) in [6.07, 6.45) is 7.30. The van der Waals surface area contributed by atoms with Crippen LogP contribution >= 0.6 is 0 Å². The molecule has 12 heteroatoms. The zero-order valence-electron chi connectivity index (χ0n) is 21.1. The molecule has 9 nitrogen and oxygen atoms in total. The summed E-state index contributed by atoms with van der Waals surface area (Å²) in [6.45, 7) is 1.91. The minimum Gasteiger partial charge on any atom is -0.497 e. The number of benzene rings is 1. The quantitative estimate of drug-likeness (QED) is 0.374. The molecular formula is C26H28F2N6O3S. The number of hydrogen-bond donors (Lipinski definition) is 2. The summed E-state index contributed by atoms with van der Waals surface area (Å²) in [5, 5.41) is 7.11. The van der Waals surface area contributed by atoms with Gasteiger partial charge in [-0.15, -0.1) is 0 Å². The Morgan fingerprint density at radius 3 is 2.53 bits per heavy atom. The summed E-state index contributed by atoms with van der Waals surface area (Å²) >= 11 is 0. The number of imidazole rings is 1. The van der Waals surface area contributed by atoms with Gasteiger partial charge in [0, 0.05) is 30.6 Å². The van der Waals surface area contributed by atoms with E-state index < -0.39 is 32.8 Å². The van der Waals surface area contributed by atoms with E-state index in [1.807, 2.05) is 13.0 Å². The Morgan fingerprint density at radius 1 is 1.13 bits per heavy atom. The molecule has 3 heterocycles. The lowest BCUT2D eigenvalue weighted by Crippen LogP contribution is -2.48. The molecule has 0 amide bonds. The fourth-order valence-corrected chi connectivity index (χ4v) is 7.26. The van der Waals surface area contributed by atoms with Gasteiger partial charge >= 0.3 is 0 Å². The Balaban J connectivity index is 1.48. The van der Waals surface area contributed by atoms with Gasteiger partial charge < -0.3 is 15.8 Å². The third kappa shape index (κ3) is 4.81. The molecule has 200 valence electrons. The fraction of sp³-hybridized carbons (Fsp3) is 0.346. The maximum atomic E-state index is 14.7. The van der Waals surface area contributed by atoms with Gasteiger partial charge in [-0.05, 0) is 48.4 Å². The lowest BCUT2D eigenvalue weighted by molar-refractivity contribution is 0.309. The van der Waals surface area contributed by atoms with Crippen LogP contribution in [0.5, 0.6) is 5.75 Å². The molecule has 5 rings (SSSR count). The van der Waals surface area contributed by atoms with Crippen LogP contribution in [0.25, 0.3) is 16.8 Å². The van der Waals surface area contributed by atoms with E-state index >= 15 is 0 Å². The van der Waals surface area contributed by atoms with E-state index in [9.17, 15) is 17.2 Å². The molecule has 4 aromatic rings. The first kappa shape index (κ1) is 26.0. The van der Waals surface area contributed by atoms with E-state index in [0.717, 1.165) is 17.7 Å². The first-order chi connectivity index (χ1) is 18.1. The van der Waals surface area contributed by atoms with E-state index in [0.29, 0.717) is 30.0 Å². The number of nitrogens with zero attached hydrogens (tertiary/aromatic N) is 4. The maximum Gasteiger partial charge on any atom is 0.229 e. The number of nitrogens with one attached hydrogen (secondary N) is 1. The van der Waals surface area contributed by atoms with Crippen LogP contribution in [0, 0.1) is 17.6 Å². The monoisotopic (exact) mass is 542 g/mol. The number of pyridine rings is 1. The van der Waals surface area contributed by atoms with Crippen molar-refractivity contribution in [2.24, 2.45) is 11.7 Å². The fourth-order valence-electron chi connectivity index (χ4n) is 5.56. The number of halogens is 2. The third-order valence-corrected chi connectivity index (χ3v) is 8.93. The van der Waals surface area contributed by atoms with Crippen molar-refractivity contribution in [2.45, 2.75) is 37.0 Å². The molecular weight excluding hydrogens is 514 g/mol. The summed E-state index contributed by atoms with van der Waals surface area (Å²) in [5.41, 5.74) is 8.35. The standard InChI is InChI=1S/C26H28F2N6O3S/c1-14-8-15(9-21(29)25(14)38(3,35)36)18-6-7-30-13-23(18)32-26-31-12-16-4-5-22(33-34(16)26)24-19(27)10-17(37-2)11-20(24)28/h4-7,10-15,21,25H,8-9,29H2,1-3H3,(H,31,32)/t14-,15+,21+,25-/m0/s1. The van der Waals surface area contributed by atoms with Crippen LogP contribution in [0.1, 0.15) is 31.2 Å². The Bertz CT molecular complexity index is 1570. The van der Waals surface area contributed by atoms with Gasteiger partial charge in [0.2, 0.25) is 5.95 Å². The van der Waals surface area contributed by atoms with Gasteiger partial charge in [0.1, 0.15) is 17.4 Å². The molecule has 0 bridgehead atoms. The van der Waals surface area contributed by atoms with E-state index in [-0.39, 0.29) is 28.8 Å². The Morgan fingerprint density at radius 2 is 1.87 bits per heavy atom. The molecule has 1 fully saturated rings.